The second-order valence-electron chi connectivity index (χ2n) is 4.83. The Morgan fingerprint density at radius 2 is 2.35 bits per heavy atom. The van der Waals surface area contributed by atoms with Crippen LogP contribution in [0.4, 0.5) is 0 Å². The lowest BCUT2D eigenvalue weighted by Gasteiger charge is -2.30. The first-order valence-corrected chi connectivity index (χ1v) is 6.59. The van der Waals surface area contributed by atoms with Gasteiger partial charge < -0.3 is 14.3 Å². The van der Waals surface area contributed by atoms with E-state index >= 15 is 0 Å². The first-order valence-electron chi connectivity index (χ1n) is 6.59. The first-order chi connectivity index (χ1) is 9.33. The standard InChI is InChI=1S/C13H18N4O2.ClH/c1-17-7-6-14-9-11(17)13-15-12(19-16-13)5-4-10-3-2-8-18-10;/h2-3,8,11,14H,4-7,9H2,1H3;1H. The van der Waals surface area contributed by atoms with Crippen molar-refractivity contribution in [3.63, 3.8) is 0 Å². The van der Waals surface area contributed by atoms with Gasteiger partial charge in [-0.1, -0.05) is 5.16 Å². The normalized spacial score (nSPS) is 19.8. The molecule has 0 bridgehead atoms. The fraction of sp³-hybridized carbons (Fsp3) is 0.538. The number of hydrogen-bond acceptors (Lipinski definition) is 6. The minimum Gasteiger partial charge on any atom is -0.469 e. The fourth-order valence-corrected chi connectivity index (χ4v) is 2.28. The number of aryl methyl sites for hydroxylation is 2. The van der Waals surface area contributed by atoms with Crippen LogP contribution < -0.4 is 5.32 Å². The van der Waals surface area contributed by atoms with Crippen molar-refractivity contribution in [2.24, 2.45) is 0 Å². The Hall–Kier alpha value is -1.37. The topological polar surface area (TPSA) is 67.3 Å². The molecular formula is C13H19ClN4O2. The van der Waals surface area contributed by atoms with E-state index in [2.05, 4.69) is 27.4 Å². The van der Waals surface area contributed by atoms with Crippen LogP contribution in [0.1, 0.15) is 23.5 Å². The Morgan fingerprint density at radius 1 is 1.45 bits per heavy atom. The van der Waals surface area contributed by atoms with Gasteiger partial charge >= 0.3 is 0 Å². The molecule has 20 heavy (non-hydrogen) atoms. The second-order valence-corrected chi connectivity index (χ2v) is 4.83. The van der Waals surface area contributed by atoms with Crippen LogP contribution in [0.3, 0.4) is 0 Å². The van der Waals surface area contributed by atoms with Crippen molar-refractivity contribution in [2.75, 3.05) is 26.7 Å². The molecule has 0 saturated carbocycles. The third-order valence-corrected chi connectivity index (χ3v) is 3.46. The molecule has 2 aromatic heterocycles. The van der Waals surface area contributed by atoms with Crippen LogP contribution in [0.25, 0.3) is 0 Å². The monoisotopic (exact) mass is 298 g/mol. The predicted octanol–water partition coefficient (Wildman–Crippen LogP) is 1.45. The number of likely N-dealkylation sites (N-methyl/N-ethyl adjacent to an activating group) is 1. The van der Waals surface area contributed by atoms with E-state index in [0.717, 1.165) is 37.6 Å². The lowest BCUT2D eigenvalue weighted by molar-refractivity contribution is 0.190. The molecule has 0 radical (unpaired) electrons. The van der Waals surface area contributed by atoms with Gasteiger partial charge in [-0.25, -0.2) is 0 Å². The highest BCUT2D eigenvalue weighted by Crippen LogP contribution is 2.18. The molecule has 6 nitrogen and oxygen atoms in total. The van der Waals surface area contributed by atoms with E-state index in [1.54, 1.807) is 6.26 Å². The van der Waals surface area contributed by atoms with Crippen LogP contribution in [-0.4, -0.2) is 41.7 Å². The van der Waals surface area contributed by atoms with Crippen LogP contribution in [-0.2, 0) is 12.8 Å². The molecule has 0 aromatic carbocycles. The minimum absolute atomic E-state index is 0. The molecule has 3 heterocycles. The molecule has 1 saturated heterocycles. The average molecular weight is 299 g/mol. The number of aromatic nitrogens is 2. The lowest BCUT2D eigenvalue weighted by Crippen LogP contribution is -2.44. The van der Waals surface area contributed by atoms with E-state index in [4.69, 9.17) is 8.94 Å². The maximum Gasteiger partial charge on any atom is 0.227 e. The van der Waals surface area contributed by atoms with Gasteiger partial charge in [0.05, 0.1) is 12.3 Å². The van der Waals surface area contributed by atoms with Gasteiger partial charge in [0, 0.05) is 32.5 Å². The summed E-state index contributed by atoms with van der Waals surface area (Å²) in [6, 6.07) is 4.04. The van der Waals surface area contributed by atoms with Gasteiger partial charge in [-0.15, -0.1) is 12.4 Å². The summed E-state index contributed by atoms with van der Waals surface area (Å²) in [5.74, 6) is 2.38. The Balaban J connectivity index is 0.00000147. The number of nitrogens with one attached hydrogen (secondary N) is 1. The minimum atomic E-state index is 0. The molecule has 1 aliphatic heterocycles. The van der Waals surface area contributed by atoms with E-state index in [1.165, 1.54) is 0 Å². The van der Waals surface area contributed by atoms with E-state index in [0.29, 0.717) is 12.3 Å². The Labute approximate surface area is 123 Å². The van der Waals surface area contributed by atoms with Gasteiger partial charge in [-0.05, 0) is 19.2 Å². The summed E-state index contributed by atoms with van der Waals surface area (Å²) in [7, 11) is 2.09. The van der Waals surface area contributed by atoms with Gasteiger partial charge in [0.1, 0.15) is 5.76 Å². The van der Waals surface area contributed by atoms with Crippen molar-refractivity contribution < 1.29 is 8.94 Å². The van der Waals surface area contributed by atoms with Crippen molar-refractivity contribution in [1.82, 2.24) is 20.4 Å². The third kappa shape index (κ3) is 3.39. The van der Waals surface area contributed by atoms with Crippen molar-refractivity contribution in [2.45, 2.75) is 18.9 Å². The summed E-state index contributed by atoms with van der Waals surface area (Å²) >= 11 is 0. The third-order valence-electron chi connectivity index (χ3n) is 3.46. The summed E-state index contributed by atoms with van der Waals surface area (Å²) in [4.78, 5) is 6.73. The van der Waals surface area contributed by atoms with Crippen molar-refractivity contribution in [1.29, 1.82) is 0 Å². The molecule has 0 spiro atoms. The number of piperazine rings is 1. The highest BCUT2D eigenvalue weighted by molar-refractivity contribution is 5.85. The molecule has 0 aliphatic carbocycles. The smallest absolute Gasteiger partial charge is 0.227 e. The van der Waals surface area contributed by atoms with E-state index in [1.807, 2.05) is 12.1 Å². The summed E-state index contributed by atoms with van der Waals surface area (Å²) in [6.45, 7) is 2.88. The molecule has 7 heteroatoms. The first kappa shape index (κ1) is 15.0. The molecule has 1 fully saturated rings. The zero-order valence-electron chi connectivity index (χ0n) is 11.4. The molecule has 110 valence electrons. The summed E-state index contributed by atoms with van der Waals surface area (Å²) in [5, 5.41) is 7.44. The molecule has 1 N–H and O–H groups in total. The van der Waals surface area contributed by atoms with Gasteiger partial charge in [0.25, 0.3) is 0 Å². The van der Waals surface area contributed by atoms with Gasteiger partial charge in [-0.3, -0.25) is 4.90 Å². The Kier molecular flexibility index (Phi) is 5.17. The zero-order valence-corrected chi connectivity index (χ0v) is 12.2. The van der Waals surface area contributed by atoms with E-state index in [-0.39, 0.29) is 18.4 Å². The maximum atomic E-state index is 5.31. The second kappa shape index (κ2) is 6.88. The van der Waals surface area contributed by atoms with Crippen molar-refractivity contribution >= 4 is 12.4 Å². The van der Waals surface area contributed by atoms with Crippen LogP contribution in [0.2, 0.25) is 0 Å². The van der Waals surface area contributed by atoms with Crippen LogP contribution in [0, 0.1) is 0 Å². The van der Waals surface area contributed by atoms with Crippen LogP contribution >= 0.6 is 12.4 Å². The Bertz CT molecular complexity index is 514. The van der Waals surface area contributed by atoms with Gasteiger partial charge in [0.2, 0.25) is 5.89 Å². The quantitative estimate of drug-likeness (QED) is 0.921. The van der Waals surface area contributed by atoms with Crippen molar-refractivity contribution in [3.05, 3.63) is 35.9 Å². The molecule has 2 aromatic rings. The zero-order chi connectivity index (χ0) is 13.1. The highest BCUT2D eigenvalue weighted by Gasteiger charge is 2.25. The van der Waals surface area contributed by atoms with E-state index < -0.39 is 0 Å². The highest BCUT2D eigenvalue weighted by atomic mass is 35.5. The average Bonchev–Trinajstić information content (AvgIpc) is 3.08. The van der Waals surface area contributed by atoms with Gasteiger partial charge in [0.15, 0.2) is 5.82 Å². The number of halogens is 1. The molecule has 3 rings (SSSR count). The maximum absolute atomic E-state index is 5.31. The number of nitrogens with zero attached hydrogens (tertiary/aromatic N) is 3. The van der Waals surface area contributed by atoms with Crippen molar-refractivity contribution in [3.8, 4) is 0 Å². The molecule has 1 atom stereocenters. The van der Waals surface area contributed by atoms with E-state index in [9.17, 15) is 0 Å². The fourth-order valence-electron chi connectivity index (χ4n) is 2.28. The summed E-state index contributed by atoms with van der Waals surface area (Å²) in [5.41, 5.74) is 0. The lowest BCUT2D eigenvalue weighted by atomic mass is 10.2. The molecule has 1 aliphatic rings. The number of furan rings is 1. The largest absolute Gasteiger partial charge is 0.469 e. The number of hydrogen-bond donors (Lipinski definition) is 1. The Morgan fingerprint density at radius 3 is 3.10 bits per heavy atom. The molecular weight excluding hydrogens is 280 g/mol. The van der Waals surface area contributed by atoms with Crippen LogP contribution in [0.5, 0.6) is 0 Å². The van der Waals surface area contributed by atoms with Crippen LogP contribution in [0.15, 0.2) is 27.3 Å². The molecule has 0 amide bonds. The SMILES string of the molecule is CN1CCNCC1c1noc(CCc2ccco2)n1.Cl. The summed E-state index contributed by atoms with van der Waals surface area (Å²) < 4.78 is 10.6. The molecule has 1 unspecified atom stereocenters. The van der Waals surface area contributed by atoms with Gasteiger partial charge in [-0.2, -0.15) is 4.98 Å². The predicted molar refractivity (Wildman–Crippen MR) is 75.9 cm³/mol. The number of rotatable bonds is 4. The summed E-state index contributed by atoms with van der Waals surface area (Å²) in [6.07, 6.45) is 3.18.